The summed E-state index contributed by atoms with van der Waals surface area (Å²) in [5.74, 6) is 0. The van der Waals surface area contributed by atoms with E-state index in [2.05, 4.69) is 56.4 Å². The SMILES string of the molecule is CCC(NC1CC1(C)C)c1ccccc1. The Morgan fingerprint density at radius 1 is 1.33 bits per heavy atom. The summed E-state index contributed by atoms with van der Waals surface area (Å²) >= 11 is 0. The van der Waals surface area contributed by atoms with Crippen molar-refractivity contribution in [3.8, 4) is 0 Å². The Hall–Kier alpha value is -0.820. The highest BCUT2D eigenvalue weighted by atomic mass is 15.0. The molecule has 1 aromatic rings. The van der Waals surface area contributed by atoms with Crippen LogP contribution in [0.5, 0.6) is 0 Å². The maximum atomic E-state index is 3.75. The van der Waals surface area contributed by atoms with Gasteiger partial charge in [0.05, 0.1) is 0 Å². The zero-order valence-corrected chi connectivity index (χ0v) is 9.96. The van der Waals surface area contributed by atoms with Gasteiger partial charge < -0.3 is 5.32 Å². The number of rotatable bonds is 4. The van der Waals surface area contributed by atoms with E-state index >= 15 is 0 Å². The third-order valence-corrected chi connectivity index (χ3v) is 3.53. The molecule has 0 spiro atoms. The molecule has 2 atom stereocenters. The molecule has 15 heavy (non-hydrogen) atoms. The molecular weight excluding hydrogens is 182 g/mol. The first-order valence-corrected chi connectivity index (χ1v) is 5.94. The zero-order valence-electron chi connectivity index (χ0n) is 9.96. The average Bonchev–Trinajstić information content (AvgIpc) is 2.84. The van der Waals surface area contributed by atoms with Gasteiger partial charge in [0.25, 0.3) is 0 Å². The molecule has 0 bridgehead atoms. The molecule has 1 fully saturated rings. The Balaban J connectivity index is 2.00. The van der Waals surface area contributed by atoms with E-state index in [9.17, 15) is 0 Å². The number of nitrogens with one attached hydrogen (secondary N) is 1. The summed E-state index contributed by atoms with van der Waals surface area (Å²) in [6.45, 7) is 6.92. The van der Waals surface area contributed by atoms with Crippen LogP contribution < -0.4 is 5.32 Å². The summed E-state index contributed by atoms with van der Waals surface area (Å²) in [4.78, 5) is 0. The van der Waals surface area contributed by atoms with Gasteiger partial charge in [-0.3, -0.25) is 0 Å². The highest BCUT2D eigenvalue weighted by Crippen LogP contribution is 2.45. The number of hydrogen-bond acceptors (Lipinski definition) is 1. The summed E-state index contributed by atoms with van der Waals surface area (Å²) in [7, 11) is 0. The van der Waals surface area contributed by atoms with Crippen LogP contribution in [0.25, 0.3) is 0 Å². The van der Waals surface area contributed by atoms with Gasteiger partial charge in [-0.2, -0.15) is 0 Å². The van der Waals surface area contributed by atoms with Gasteiger partial charge in [-0.1, -0.05) is 51.1 Å². The van der Waals surface area contributed by atoms with Crippen molar-refractivity contribution in [3.63, 3.8) is 0 Å². The van der Waals surface area contributed by atoms with Gasteiger partial charge in [-0.25, -0.2) is 0 Å². The van der Waals surface area contributed by atoms with E-state index in [4.69, 9.17) is 0 Å². The van der Waals surface area contributed by atoms with Crippen LogP contribution in [-0.2, 0) is 0 Å². The second kappa shape index (κ2) is 3.97. The van der Waals surface area contributed by atoms with Crippen LogP contribution >= 0.6 is 0 Å². The highest BCUT2D eigenvalue weighted by Gasteiger charge is 2.46. The number of benzene rings is 1. The maximum absolute atomic E-state index is 3.75. The molecule has 1 saturated carbocycles. The van der Waals surface area contributed by atoms with Crippen LogP contribution in [0.2, 0.25) is 0 Å². The van der Waals surface area contributed by atoms with Crippen LogP contribution in [0.1, 0.15) is 45.2 Å². The van der Waals surface area contributed by atoms with Crippen LogP contribution in [0.15, 0.2) is 30.3 Å². The lowest BCUT2D eigenvalue weighted by molar-refractivity contribution is 0.461. The van der Waals surface area contributed by atoms with Crippen LogP contribution in [-0.4, -0.2) is 6.04 Å². The van der Waals surface area contributed by atoms with Crippen LogP contribution in [0, 0.1) is 5.41 Å². The Kier molecular flexibility index (Phi) is 2.83. The van der Waals surface area contributed by atoms with Crippen LogP contribution in [0.4, 0.5) is 0 Å². The normalized spacial score (nSPS) is 24.9. The zero-order chi connectivity index (χ0) is 10.9. The fraction of sp³-hybridized carbons (Fsp3) is 0.571. The molecule has 1 N–H and O–H groups in total. The minimum Gasteiger partial charge on any atom is -0.307 e. The van der Waals surface area contributed by atoms with E-state index < -0.39 is 0 Å². The van der Waals surface area contributed by atoms with Crippen molar-refractivity contribution in [2.75, 3.05) is 0 Å². The van der Waals surface area contributed by atoms with Crippen molar-refractivity contribution in [2.24, 2.45) is 5.41 Å². The van der Waals surface area contributed by atoms with Gasteiger partial charge in [-0.15, -0.1) is 0 Å². The first kappa shape index (κ1) is 10.7. The molecule has 1 nitrogen and oxygen atoms in total. The third kappa shape index (κ3) is 2.40. The molecule has 1 aromatic carbocycles. The van der Waals surface area contributed by atoms with Gasteiger partial charge >= 0.3 is 0 Å². The Labute approximate surface area is 92.9 Å². The second-order valence-corrected chi connectivity index (χ2v) is 5.28. The molecule has 1 heteroatoms. The Bertz CT molecular complexity index is 315. The summed E-state index contributed by atoms with van der Waals surface area (Å²) in [6.07, 6.45) is 2.48. The topological polar surface area (TPSA) is 12.0 Å². The lowest BCUT2D eigenvalue weighted by Gasteiger charge is -2.18. The molecule has 82 valence electrons. The van der Waals surface area contributed by atoms with Gasteiger partial charge in [0, 0.05) is 12.1 Å². The lowest BCUT2D eigenvalue weighted by atomic mass is 10.0. The molecule has 0 saturated heterocycles. The van der Waals surface area contributed by atoms with Crippen molar-refractivity contribution in [2.45, 2.75) is 45.7 Å². The molecule has 0 aromatic heterocycles. The van der Waals surface area contributed by atoms with Crippen molar-refractivity contribution in [1.29, 1.82) is 0 Å². The maximum Gasteiger partial charge on any atom is 0.0320 e. The van der Waals surface area contributed by atoms with Crippen molar-refractivity contribution in [3.05, 3.63) is 35.9 Å². The molecule has 0 aliphatic heterocycles. The van der Waals surface area contributed by atoms with Gasteiger partial charge in [-0.05, 0) is 23.8 Å². The monoisotopic (exact) mass is 203 g/mol. The fourth-order valence-corrected chi connectivity index (χ4v) is 2.13. The Morgan fingerprint density at radius 3 is 2.40 bits per heavy atom. The standard InChI is InChI=1S/C14H21N/c1-4-12(11-8-6-5-7-9-11)15-13-10-14(13,2)3/h5-9,12-13,15H,4,10H2,1-3H3. The summed E-state index contributed by atoms with van der Waals surface area (Å²) in [6, 6.07) is 12.0. The van der Waals surface area contributed by atoms with Gasteiger partial charge in [0.15, 0.2) is 0 Å². The van der Waals surface area contributed by atoms with Gasteiger partial charge in [0.1, 0.15) is 0 Å². The smallest absolute Gasteiger partial charge is 0.0320 e. The molecule has 0 amide bonds. The predicted octanol–water partition coefficient (Wildman–Crippen LogP) is 3.53. The van der Waals surface area contributed by atoms with E-state index in [1.54, 1.807) is 0 Å². The quantitative estimate of drug-likeness (QED) is 0.789. The van der Waals surface area contributed by atoms with E-state index in [0.29, 0.717) is 17.5 Å². The molecule has 0 heterocycles. The first-order chi connectivity index (χ1) is 7.13. The minimum atomic E-state index is 0.516. The number of hydrogen-bond donors (Lipinski definition) is 1. The first-order valence-electron chi connectivity index (χ1n) is 5.94. The van der Waals surface area contributed by atoms with E-state index in [0.717, 1.165) is 6.42 Å². The molecule has 1 aliphatic rings. The summed E-state index contributed by atoms with van der Waals surface area (Å²) < 4.78 is 0. The summed E-state index contributed by atoms with van der Waals surface area (Å²) in [5, 5.41) is 3.75. The predicted molar refractivity (Wildman–Crippen MR) is 64.8 cm³/mol. The van der Waals surface area contributed by atoms with E-state index in [1.165, 1.54) is 12.0 Å². The van der Waals surface area contributed by atoms with Crippen molar-refractivity contribution >= 4 is 0 Å². The van der Waals surface area contributed by atoms with E-state index in [-0.39, 0.29) is 0 Å². The molecule has 2 rings (SSSR count). The lowest BCUT2D eigenvalue weighted by Crippen LogP contribution is -2.25. The van der Waals surface area contributed by atoms with Crippen molar-refractivity contribution in [1.82, 2.24) is 5.32 Å². The van der Waals surface area contributed by atoms with Crippen molar-refractivity contribution < 1.29 is 0 Å². The minimum absolute atomic E-state index is 0.516. The van der Waals surface area contributed by atoms with Gasteiger partial charge in [0.2, 0.25) is 0 Å². The molecule has 1 aliphatic carbocycles. The highest BCUT2D eigenvalue weighted by molar-refractivity contribution is 5.20. The molecular formula is C14H21N. The van der Waals surface area contributed by atoms with Crippen LogP contribution in [0.3, 0.4) is 0 Å². The van der Waals surface area contributed by atoms with E-state index in [1.807, 2.05) is 0 Å². The largest absolute Gasteiger partial charge is 0.307 e. The molecule has 0 radical (unpaired) electrons. The Morgan fingerprint density at radius 2 is 1.93 bits per heavy atom. The summed E-state index contributed by atoms with van der Waals surface area (Å²) in [5.41, 5.74) is 1.94. The average molecular weight is 203 g/mol. The third-order valence-electron chi connectivity index (χ3n) is 3.53. The molecule has 2 unspecified atom stereocenters. The second-order valence-electron chi connectivity index (χ2n) is 5.28. The fourth-order valence-electron chi connectivity index (χ4n) is 2.13.